The number of carbonyl (C=O) groups is 1. The van der Waals surface area contributed by atoms with Crippen molar-refractivity contribution in [3.05, 3.63) is 29.8 Å². The topological polar surface area (TPSA) is 50.4 Å². The molecular weight excluding hydrogens is 216 g/mol. The summed E-state index contributed by atoms with van der Waals surface area (Å²) in [4.78, 5) is 11.3. The van der Waals surface area contributed by atoms with Crippen LogP contribution in [-0.4, -0.2) is 25.6 Å². The lowest BCUT2D eigenvalue weighted by Crippen LogP contribution is -2.28. The Labute approximate surface area is 101 Å². The van der Waals surface area contributed by atoms with Gasteiger partial charge in [0, 0.05) is 25.6 Å². The van der Waals surface area contributed by atoms with Gasteiger partial charge in [-0.25, -0.2) is 0 Å². The summed E-state index contributed by atoms with van der Waals surface area (Å²) in [6.07, 6.45) is 0.543. The fourth-order valence-electron chi connectivity index (χ4n) is 1.96. The van der Waals surface area contributed by atoms with Gasteiger partial charge in [0.1, 0.15) is 5.75 Å². The summed E-state index contributed by atoms with van der Waals surface area (Å²) >= 11 is 0. The number of ether oxygens (including phenoxy) is 1. The quantitative estimate of drug-likeness (QED) is 0.827. The van der Waals surface area contributed by atoms with Crippen molar-refractivity contribution in [2.24, 2.45) is 0 Å². The molecule has 0 bridgehead atoms. The second-order valence-corrected chi connectivity index (χ2v) is 4.07. The van der Waals surface area contributed by atoms with Crippen molar-refractivity contribution in [2.45, 2.75) is 19.4 Å². The van der Waals surface area contributed by atoms with Crippen molar-refractivity contribution in [1.82, 2.24) is 10.6 Å². The minimum Gasteiger partial charge on any atom is -0.494 e. The average Bonchev–Trinajstić information content (AvgIpc) is 2.55. The van der Waals surface area contributed by atoms with Crippen molar-refractivity contribution < 1.29 is 9.53 Å². The normalized spacial score (nSPS) is 20.5. The number of carbonyl (C=O) groups excluding carboxylic acids is 1. The largest absolute Gasteiger partial charge is 0.494 e. The number of benzene rings is 1. The minimum atomic E-state index is 0.112. The van der Waals surface area contributed by atoms with Crippen LogP contribution in [0.3, 0.4) is 0 Å². The van der Waals surface area contributed by atoms with Crippen LogP contribution in [-0.2, 0) is 4.79 Å². The van der Waals surface area contributed by atoms with Gasteiger partial charge < -0.3 is 15.4 Å². The maximum atomic E-state index is 11.3. The SMILES string of the molecule is CCOc1cccc(C2CNC(=O)CCN2)c1. The summed E-state index contributed by atoms with van der Waals surface area (Å²) in [7, 11) is 0. The molecule has 0 radical (unpaired) electrons. The van der Waals surface area contributed by atoms with Gasteiger partial charge >= 0.3 is 0 Å². The van der Waals surface area contributed by atoms with E-state index in [9.17, 15) is 4.79 Å². The zero-order valence-corrected chi connectivity index (χ0v) is 10.0. The minimum absolute atomic E-state index is 0.112. The summed E-state index contributed by atoms with van der Waals surface area (Å²) in [5.74, 6) is 0.989. The van der Waals surface area contributed by atoms with E-state index in [1.807, 2.05) is 25.1 Å². The fourth-order valence-corrected chi connectivity index (χ4v) is 1.96. The molecule has 1 aliphatic rings. The molecule has 4 heteroatoms. The highest BCUT2D eigenvalue weighted by atomic mass is 16.5. The fraction of sp³-hybridized carbons (Fsp3) is 0.462. The van der Waals surface area contributed by atoms with Crippen LogP contribution in [0.1, 0.15) is 24.9 Å². The monoisotopic (exact) mass is 234 g/mol. The van der Waals surface area contributed by atoms with E-state index in [4.69, 9.17) is 4.74 Å². The second kappa shape index (κ2) is 5.68. The Kier molecular flexibility index (Phi) is 3.98. The first-order chi connectivity index (χ1) is 8.29. The summed E-state index contributed by atoms with van der Waals surface area (Å²) in [6.45, 7) is 3.98. The molecule has 1 saturated heterocycles. The third kappa shape index (κ3) is 3.20. The molecule has 2 N–H and O–H groups in total. The van der Waals surface area contributed by atoms with Crippen molar-refractivity contribution in [3.63, 3.8) is 0 Å². The predicted molar refractivity (Wildman–Crippen MR) is 66.0 cm³/mol. The molecule has 1 atom stereocenters. The molecule has 1 aromatic carbocycles. The molecule has 17 heavy (non-hydrogen) atoms. The Morgan fingerprint density at radius 1 is 1.47 bits per heavy atom. The molecule has 1 heterocycles. The first-order valence-electron chi connectivity index (χ1n) is 6.02. The van der Waals surface area contributed by atoms with E-state index >= 15 is 0 Å². The first-order valence-corrected chi connectivity index (χ1v) is 6.02. The Hall–Kier alpha value is -1.55. The van der Waals surface area contributed by atoms with Gasteiger partial charge in [0.25, 0.3) is 0 Å². The van der Waals surface area contributed by atoms with Crippen LogP contribution in [0.25, 0.3) is 0 Å². The van der Waals surface area contributed by atoms with Crippen molar-refractivity contribution in [3.8, 4) is 5.75 Å². The van der Waals surface area contributed by atoms with Crippen LogP contribution in [0.2, 0.25) is 0 Å². The number of amides is 1. The lowest BCUT2D eigenvalue weighted by atomic mass is 10.1. The molecule has 0 aromatic heterocycles. The van der Waals surface area contributed by atoms with E-state index in [-0.39, 0.29) is 11.9 Å². The molecule has 92 valence electrons. The van der Waals surface area contributed by atoms with Crippen LogP contribution in [0.15, 0.2) is 24.3 Å². The van der Waals surface area contributed by atoms with Gasteiger partial charge in [-0.3, -0.25) is 4.79 Å². The van der Waals surface area contributed by atoms with E-state index in [2.05, 4.69) is 16.7 Å². The maximum absolute atomic E-state index is 11.3. The number of hydrogen-bond donors (Lipinski definition) is 2. The number of rotatable bonds is 3. The zero-order valence-electron chi connectivity index (χ0n) is 10.0. The van der Waals surface area contributed by atoms with E-state index < -0.39 is 0 Å². The van der Waals surface area contributed by atoms with Crippen molar-refractivity contribution in [2.75, 3.05) is 19.7 Å². The summed E-state index contributed by atoms with van der Waals surface area (Å²) in [5.41, 5.74) is 1.15. The van der Waals surface area contributed by atoms with Crippen molar-refractivity contribution in [1.29, 1.82) is 0 Å². The lowest BCUT2D eigenvalue weighted by molar-refractivity contribution is -0.120. The summed E-state index contributed by atoms with van der Waals surface area (Å²) in [6, 6.07) is 8.18. The molecule has 1 aliphatic heterocycles. The lowest BCUT2D eigenvalue weighted by Gasteiger charge is -2.16. The maximum Gasteiger partial charge on any atom is 0.221 e. The molecule has 1 amide bonds. The van der Waals surface area contributed by atoms with E-state index in [1.54, 1.807) is 0 Å². The van der Waals surface area contributed by atoms with Gasteiger partial charge in [-0.2, -0.15) is 0 Å². The predicted octanol–water partition coefficient (Wildman–Crippen LogP) is 1.24. The Balaban J connectivity index is 2.09. The standard InChI is InChI=1S/C13H18N2O2/c1-2-17-11-5-3-4-10(8-11)12-9-15-13(16)6-7-14-12/h3-5,8,12,14H,2,6-7,9H2,1H3,(H,15,16). The highest BCUT2D eigenvalue weighted by Gasteiger charge is 2.16. The molecule has 0 aliphatic carbocycles. The van der Waals surface area contributed by atoms with Gasteiger partial charge in [0.2, 0.25) is 5.91 Å². The van der Waals surface area contributed by atoms with Crippen LogP contribution in [0, 0.1) is 0 Å². The van der Waals surface area contributed by atoms with Crippen LogP contribution >= 0.6 is 0 Å². The Morgan fingerprint density at radius 2 is 2.35 bits per heavy atom. The average molecular weight is 234 g/mol. The molecule has 1 fully saturated rings. The second-order valence-electron chi connectivity index (χ2n) is 4.07. The zero-order chi connectivity index (χ0) is 12.1. The van der Waals surface area contributed by atoms with Crippen molar-refractivity contribution >= 4 is 5.91 Å². The highest BCUT2D eigenvalue weighted by molar-refractivity contribution is 5.76. The van der Waals surface area contributed by atoms with E-state index in [0.717, 1.165) is 17.9 Å². The third-order valence-corrected chi connectivity index (χ3v) is 2.82. The highest BCUT2D eigenvalue weighted by Crippen LogP contribution is 2.19. The molecule has 4 nitrogen and oxygen atoms in total. The third-order valence-electron chi connectivity index (χ3n) is 2.82. The molecule has 1 aromatic rings. The molecule has 2 rings (SSSR count). The first kappa shape index (κ1) is 11.9. The Morgan fingerprint density at radius 3 is 3.18 bits per heavy atom. The Bertz CT molecular complexity index is 393. The van der Waals surface area contributed by atoms with Crippen LogP contribution in [0.5, 0.6) is 5.75 Å². The van der Waals surface area contributed by atoms with Gasteiger partial charge in [0.05, 0.1) is 6.61 Å². The van der Waals surface area contributed by atoms with E-state index in [1.165, 1.54) is 0 Å². The molecule has 1 unspecified atom stereocenters. The summed E-state index contributed by atoms with van der Waals surface area (Å²) < 4.78 is 5.47. The van der Waals surface area contributed by atoms with Gasteiger partial charge in [-0.15, -0.1) is 0 Å². The number of nitrogens with one attached hydrogen (secondary N) is 2. The van der Waals surface area contributed by atoms with Gasteiger partial charge in [0.15, 0.2) is 0 Å². The molecule has 0 saturated carbocycles. The van der Waals surface area contributed by atoms with Crippen LogP contribution < -0.4 is 15.4 Å². The number of hydrogen-bond acceptors (Lipinski definition) is 3. The van der Waals surface area contributed by atoms with Crippen LogP contribution in [0.4, 0.5) is 0 Å². The van der Waals surface area contributed by atoms with E-state index in [0.29, 0.717) is 19.6 Å². The molecule has 0 spiro atoms. The molecular formula is C13H18N2O2. The van der Waals surface area contributed by atoms with Gasteiger partial charge in [-0.1, -0.05) is 12.1 Å². The van der Waals surface area contributed by atoms with Gasteiger partial charge in [-0.05, 0) is 24.6 Å². The summed E-state index contributed by atoms with van der Waals surface area (Å²) in [5, 5.41) is 6.26. The smallest absolute Gasteiger partial charge is 0.221 e.